The van der Waals surface area contributed by atoms with E-state index in [2.05, 4.69) is 56.4 Å². The van der Waals surface area contributed by atoms with E-state index in [0.29, 0.717) is 5.95 Å². The van der Waals surface area contributed by atoms with E-state index in [1.165, 1.54) is 5.69 Å². The molecule has 1 saturated heterocycles. The van der Waals surface area contributed by atoms with Crippen LogP contribution in [0.4, 0.5) is 17.3 Å². The van der Waals surface area contributed by atoms with Crippen LogP contribution < -0.4 is 10.2 Å². The summed E-state index contributed by atoms with van der Waals surface area (Å²) in [5.74, 6) is 0.547. The number of rotatable bonds is 5. The fourth-order valence-electron chi connectivity index (χ4n) is 3.72. The molecule has 7 nitrogen and oxygen atoms in total. The molecule has 1 aromatic carbocycles. The summed E-state index contributed by atoms with van der Waals surface area (Å²) in [4.78, 5) is 19.3. The largest absolute Gasteiger partial charge is 0.391 e. The molecule has 0 saturated carbocycles. The van der Waals surface area contributed by atoms with Crippen LogP contribution >= 0.6 is 11.3 Å². The summed E-state index contributed by atoms with van der Waals surface area (Å²) in [6.45, 7) is 4.32. The highest BCUT2D eigenvalue weighted by Gasteiger charge is 2.15. The summed E-state index contributed by atoms with van der Waals surface area (Å²) in [6, 6.07) is 14.4. The van der Waals surface area contributed by atoms with Gasteiger partial charge in [0.1, 0.15) is 5.65 Å². The molecule has 0 unspecified atom stereocenters. The molecule has 1 aliphatic heterocycles. The quantitative estimate of drug-likeness (QED) is 0.457. The average Bonchev–Trinajstić information content (AvgIpc) is 3.44. The van der Waals surface area contributed by atoms with E-state index in [0.717, 1.165) is 58.3 Å². The summed E-state index contributed by atoms with van der Waals surface area (Å²) < 4.78 is 0. The molecule has 3 N–H and O–H groups in total. The van der Waals surface area contributed by atoms with Crippen molar-refractivity contribution >= 4 is 39.7 Å². The Kier molecular flexibility index (Phi) is 5.12. The summed E-state index contributed by atoms with van der Waals surface area (Å²) in [5.41, 5.74) is 3.84. The second kappa shape index (κ2) is 8.06. The van der Waals surface area contributed by atoms with Crippen LogP contribution in [0, 0.1) is 0 Å². The molecule has 0 spiro atoms. The van der Waals surface area contributed by atoms with Gasteiger partial charge in [-0.05, 0) is 49.5 Å². The van der Waals surface area contributed by atoms with E-state index in [1.807, 2.05) is 24.4 Å². The number of fused-ring (bicyclic) bond motifs is 1. The van der Waals surface area contributed by atoms with Crippen LogP contribution in [0.5, 0.6) is 0 Å². The molecule has 8 heteroatoms. The van der Waals surface area contributed by atoms with Gasteiger partial charge in [-0.3, -0.25) is 0 Å². The Hall–Kier alpha value is -2.94. The van der Waals surface area contributed by atoms with Gasteiger partial charge in [-0.1, -0.05) is 0 Å². The molecule has 0 atom stereocenters. The minimum Gasteiger partial charge on any atom is -0.391 e. The molecule has 0 amide bonds. The number of likely N-dealkylation sites (N-methyl/N-ethyl adjacent to an activating group) is 1. The molecule has 5 rings (SSSR count). The fraction of sp³-hybridized carbons (Fsp3) is 0.273. The first-order chi connectivity index (χ1) is 14.7. The number of H-pyrrole nitrogens is 1. The lowest BCUT2D eigenvalue weighted by molar-refractivity contribution is 0.285. The SMILES string of the molecule is CN1CCN(c2ccc(Nc3nc(-c4ccc(CO)s4)c4cc[nH]c4n3)cc2)CC1. The first-order valence-electron chi connectivity index (χ1n) is 10.1. The van der Waals surface area contributed by atoms with Gasteiger partial charge in [0.25, 0.3) is 0 Å². The highest BCUT2D eigenvalue weighted by molar-refractivity contribution is 7.15. The molecule has 1 fully saturated rings. The molecular weight excluding hydrogens is 396 g/mol. The monoisotopic (exact) mass is 420 g/mol. The van der Waals surface area contributed by atoms with Crippen LogP contribution in [0.15, 0.2) is 48.7 Å². The predicted octanol–water partition coefficient (Wildman–Crippen LogP) is 3.67. The summed E-state index contributed by atoms with van der Waals surface area (Å²) in [6.07, 6.45) is 1.87. The molecule has 154 valence electrons. The number of thiophene rings is 1. The van der Waals surface area contributed by atoms with Crippen molar-refractivity contribution in [1.82, 2.24) is 19.9 Å². The number of piperazine rings is 1. The third-order valence-electron chi connectivity index (χ3n) is 5.46. The number of anilines is 3. The Morgan fingerprint density at radius 1 is 1.03 bits per heavy atom. The molecule has 30 heavy (non-hydrogen) atoms. The Balaban J connectivity index is 1.40. The van der Waals surface area contributed by atoms with Gasteiger partial charge < -0.3 is 25.2 Å². The summed E-state index contributed by atoms with van der Waals surface area (Å²) in [5, 5.41) is 13.7. The lowest BCUT2D eigenvalue weighted by Gasteiger charge is -2.34. The van der Waals surface area contributed by atoms with Gasteiger partial charge in [-0.15, -0.1) is 11.3 Å². The topological polar surface area (TPSA) is 80.3 Å². The second-order valence-electron chi connectivity index (χ2n) is 7.52. The average molecular weight is 421 g/mol. The van der Waals surface area contributed by atoms with Crippen molar-refractivity contribution in [2.45, 2.75) is 6.61 Å². The first-order valence-corrected chi connectivity index (χ1v) is 10.9. The lowest BCUT2D eigenvalue weighted by Crippen LogP contribution is -2.44. The molecule has 4 heterocycles. The third-order valence-corrected chi connectivity index (χ3v) is 6.54. The molecule has 0 radical (unpaired) electrons. The highest BCUT2D eigenvalue weighted by atomic mass is 32.1. The van der Waals surface area contributed by atoms with Gasteiger partial charge in [0.05, 0.1) is 17.2 Å². The standard InChI is InChI=1S/C22H24N6OS/c1-27-10-12-28(13-11-27)16-4-2-15(3-5-16)24-22-25-20(18-8-9-23-21(18)26-22)19-7-6-17(14-29)30-19/h2-9,29H,10-14H2,1H3,(H2,23,24,25,26). The Bertz CT molecular complexity index is 1140. The number of hydrogen-bond donors (Lipinski definition) is 3. The molecule has 0 aliphatic carbocycles. The molecule has 1 aliphatic rings. The number of aliphatic hydroxyl groups excluding tert-OH is 1. The van der Waals surface area contributed by atoms with Gasteiger partial charge in [0.2, 0.25) is 5.95 Å². The number of nitrogens with one attached hydrogen (secondary N) is 2. The summed E-state index contributed by atoms with van der Waals surface area (Å²) in [7, 11) is 2.17. The van der Waals surface area contributed by atoms with Crippen molar-refractivity contribution in [1.29, 1.82) is 0 Å². The predicted molar refractivity (Wildman–Crippen MR) is 123 cm³/mol. The van der Waals surface area contributed by atoms with Crippen LogP contribution in [0.25, 0.3) is 21.6 Å². The van der Waals surface area contributed by atoms with Gasteiger partial charge in [-0.25, -0.2) is 4.98 Å². The third kappa shape index (κ3) is 3.77. The van der Waals surface area contributed by atoms with E-state index in [-0.39, 0.29) is 6.61 Å². The van der Waals surface area contributed by atoms with Crippen molar-refractivity contribution in [3.63, 3.8) is 0 Å². The van der Waals surface area contributed by atoms with Crippen molar-refractivity contribution in [2.75, 3.05) is 43.4 Å². The highest BCUT2D eigenvalue weighted by Crippen LogP contribution is 2.33. The number of hydrogen-bond acceptors (Lipinski definition) is 7. The van der Waals surface area contributed by atoms with E-state index in [1.54, 1.807) is 11.3 Å². The van der Waals surface area contributed by atoms with E-state index in [4.69, 9.17) is 4.98 Å². The van der Waals surface area contributed by atoms with E-state index in [9.17, 15) is 5.11 Å². The molecule has 3 aromatic heterocycles. The second-order valence-corrected chi connectivity index (χ2v) is 8.69. The maximum atomic E-state index is 9.40. The zero-order chi connectivity index (χ0) is 20.5. The zero-order valence-corrected chi connectivity index (χ0v) is 17.6. The first kappa shape index (κ1) is 19.0. The van der Waals surface area contributed by atoms with Crippen LogP contribution in [-0.4, -0.2) is 58.2 Å². The number of benzene rings is 1. The van der Waals surface area contributed by atoms with Gasteiger partial charge in [-0.2, -0.15) is 4.98 Å². The van der Waals surface area contributed by atoms with Crippen molar-refractivity contribution in [2.24, 2.45) is 0 Å². The summed E-state index contributed by atoms with van der Waals surface area (Å²) >= 11 is 1.55. The Labute approximate surface area is 179 Å². The number of aromatic amines is 1. The normalized spacial score (nSPS) is 15.1. The maximum absolute atomic E-state index is 9.40. The lowest BCUT2D eigenvalue weighted by atomic mass is 10.2. The molecule has 4 aromatic rings. The molecular formula is C22H24N6OS. The van der Waals surface area contributed by atoms with E-state index >= 15 is 0 Å². The smallest absolute Gasteiger partial charge is 0.229 e. The van der Waals surface area contributed by atoms with E-state index < -0.39 is 0 Å². The van der Waals surface area contributed by atoms with Crippen LogP contribution in [0.3, 0.4) is 0 Å². The van der Waals surface area contributed by atoms with Crippen LogP contribution in [0.2, 0.25) is 0 Å². The Morgan fingerprint density at radius 2 is 1.83 bits per heavy atom. The van der Waals surface area contributed by atoms with Gasteiger partial charge >= 0.3 is 0 Å². The Morgan fingerprint density at radius 3 is 2.57 bits per heavy atom. The minimum atomic E-state index is 0.0385. The van der Waals surface area contributed by atoms with Crippen molar-refractivity contribution in [3.8, 4) is 10.6 Å². The van der Waals surface area contributed by atoms with Gasteiger partial charge in [0, 0.05) is 54.0 Å². The number of aliphatic hydroxyl groups is 1. The minimum absolute atomic E-state index is 0.0385. The number of aromatic nitrogens is 3. The van der Waals surface area contributed by atoms with Crippen LogP contribution in [-0.2, 0) is 6.61 Å². The zero-order valence-electron chi connectivity index (χ0n) is 16.8. The van der Waals surface area contributed by atoms with Crippen LogP contribution in [0.1, 0.15) is 4.88 Å². The fourth-order valence-corrected chi connectivity index (χ4v) is 4.60. The number of nitrogens with zero attached hydrogens (tertiary/aromatic N) is 4. The van der Waals surface area contributed by atoms with Crippen molar-refractivity contribution in [3.05, 3.63) is 53.5 Å². The molecule has 0 bridgehead atoms. The van der Waals surface area contributed by atoms with Crippen molar-refractivity contribution < 1.29 is 5.11 Å². The van der Waals surface area contributed by atoms with Gasteiger partial charge in [0.15, 0.2) is 0 Å². The maximum Gasteiger partial charge on any atom is 0.229 e.